The lowest BCUT2D eigenvalue weighted by atomic mass is 10.3. The van der Waals surface area contributed by atoms with Crippen molar-refractivity contribution in [3.05, 3.63) is 18.0 Å². The topological polar surface area (TPSA) is 64.0 Å². The fraction of sp³-hybridized carbons (Fsp3) is 0.625. The zero-order chi connectivity index (χ0) is 10.6. The van der Waals surface area contributed by atoms with E-state index in [9.17, 15) is 8.42 Å². The molecule has 1 aromatic rings. The summed E-state index contributed by atoms with van der Waals surface area (Å²) in [6, 6.07) is 0. The molecule has 80 valence electrons. The number of hydrogen-bond donors (Lipinski definition) is 1. The van der Waals surface area contributed by atoms with Crippen molar-refractivity contribution in [1.29, 1.82) is 0 Å². The van der Waals surface area contributed by atoms with Crippen LogP contribution in [0.4, 0.5) is 0 Å². The first kappa shape index (κ1) is 11.2. The first-order chi connectivity index (χ1) is 6.53. The van der Waals surface area contributed by atoms with E-state index in [2.05, 4.69) is 9.82 Å². The highest BCUT2D eigenvalue weighted by atomic mass is 32.2. The fourth-order valence-corrected chi connectivity index (χ4v) is 1.67. The molecule has 0 bridgehead atoms. The molecule has 0 fully saturated rings. The molecule has 0 spiro atoms. The Morgan fingerprint density at radius 2 is 2.29 bits per heavy atom. The summed E-state index contributed by atoms with van der Waals surface area (Å²) >= 11 is 0. The van der Waals surface area contributed by atoms with E-state index in [0.717, 1.165) is 5.56 Å². The van der Waals surface area contributed by atoms with E-state index in [4.69, 9.17) is 0 Å². The van der Waals surface area contributed by atoms with Crippen molar-refractivity contribution in [2.45, 2.75) is 13.3 Å². The summed E-state index contributed by atoms with van der Waals surface area (Å²) in [5.41, 5.74) is 1.03. The molecule has 0 amide bonds. The highest BCUT2D eigenvalue weighted by Crippen LogP contribution is 1.96. The second-order valence-corrected chi connectivity index (χ2v) is 5.17. The van der Waals surface area contributed by atoms with Crippen molar-refractivity contribution in [3.63, 3.8) is 0 Å². The Morgan fingerprint density at radius 3 is 2.79 bits per heavy atom. The Kier molecular flexibility index (Phi) is 3.65. The van der Waals surface area contributed by atoms with Gasteiger partial charge in [-0.2, -0.15) is 5.10 Å². The van der Waals surface area contributed by atoms with Gasteiger partial charge in [-0.15, -0.1) is 0 Å². The van der Waals surface area contributed by atoms with Gasteiger partial charge in [-0.3, -0.25) is 4.68 Å². The van der Waals surface area contributed by atoms with Gasteiger partial charge in [0.2, 0.25) is 10.0 Å². The zero-order valence-corrected chi connectivity index (χ0v) is 9.21. The van der Waals surface area contributed by atoms with Crippen LogP contribution in [0.5, 0.6) is 0 Å². The summed E-state index contributed by atoms with van der Waals surface area (Å²) in [5, 5.41) is 3.99. The zero-order valence-electron chi connectivity index (χ0n) is 8.40. The Bertz CT molecular complexity index is 383. The van der Waals surface area contributed by atoms with Crippen LogP contribution in [-0.2, 0) is 23.5 Å². The average Bonchev–Trinajstić information content (AvgIpc) is 2.51. The van der Waals surface area contributed by atoms with E-state index >= 15 is 0 Å². The van der Waals surface area contributed by atoms with Crippen LogP contribution in [0.25, 0.3) is 0 Å². The number of aryl methyl sites for hydroxylation is 1. The molecule has 0 saturated heterocycles. The molecule has 1 heterocycles. The summed E-state index contributed by atoms with van der Waals surface area (Å²) in [6.45, 7) is 2.05. The second-order valence-electron chi connectivity index (χ2n) is 3.07. The van der Waals surface area contributed by atoms with Crippen LogP contribution >= 0.6 is 0 Å². The van der Waals surface area contributed by atoms with Gasteiger partial charge in [-0.1, -0.05) is 0 Å². The largest absolute Gasteiger partial charge is 0.276 e. The lowest BCUT2D eigenvalue weighted by molar-refractivity contribution is 0.583. The third-order valence-electron chi connectivity index (χ3n) is 1.87. The van der Waals surface area contributed by atoms with Crippen molar-refractivity contribution in [2.75, 3.05) is 12.3 Å². The SMILES string of the molecule is CCS(=O)(=O)NCCc1cnn(C)c1. The number of rotatable bonds is 5. The Labute approximate surface area is 84.2 Å². The number of sulfonamides is 1. The molecule has 0 aliphatic heterocycles. The molecule has 1 N–H and O–H groups in total. The van der Waals surface area contributed by atoms with Crippen LogP contribution in [0.15, 0.2) is 12.4 Å². The van der Waals surface area contributed by atoms with Crippen molar-refractivity contribution in [2.24, 2.45) is 7.05 Å². The average molecular weight is 217 g/mol. The van der Waals surface area contributed by atoms with Gasteiger partial charge in [0, 0.05) is 19.8 Å². The van der Waals surface area contributed by atoms with Gasteiger partial charge in [0.05, 0.1) is 11.9 Å². The second kappa shape index (κ2) is 4.56. The monoisotopic (exact) mass is 217 g/mol. The molecule has 0 radical (unpaired) electrons. The summed E-state index contributed by atoms with van der Waals surface area (Å²) in [6.07, 6.45) is 4.29. The van der Waals surface area contributed by atoms with Crippen molar-refractivity contribution in [3.8, 4) is 0 Å². The number of nitrogens with zero attached hydrogens (tertiary/aromatic N) is 2. The third-order valence-corrected chi connectivity index (χ3v) is 3.28. The van der Waals surface area contributed by atoms with Crippen molar-refractivity contribution < 1.29 is 8.42 Å². The fourth-order valence-electron chi connectivity index (χ4n) is 1.05. The molecule has 0 saturated carbocycles. The lowest BCUT2D eigenvalue weighted by Crippen LogP contribution is -2.27. The van der Waals surface area contributed by atoms with Gasteiger partial charge in [-0.25, -0.2) is 13.1 Å². The minimum Gasteiger partial charge on any atom is -0.276 e. The van der Waals surface area contributed by atoms with Crippen LogP contribution in [0.3, 0.4) is 0 Å². The van der Waals surface area contributed by atoms with Gasteiger partial charge in [0.1, 0.15) is 0 Å². The Hall–Kier alpha value is -0.880. The highest BCUT2D eigenvalue weighted by molar-refractivity contribution is 7.89. The molecule has 1 rings (SSSR count). The number of hydrogen-bond acceptors (Lipinski definition) is 3. The molecular weight excluding hydrogens is 202 g/mol. The molecule has 6 heteroatoms. The standard InChI is InChI=1S/C8H15N3O2S/c1-3-14(12,13)10-5-4-8-6-9-11(2)7-8/h6-7,10H,3-5H2,1-2H3. The first-order valence-electron chi connectivity index (χ1n) is 4.48. The van der Waals surface area contributed by atoms with E-state index in [1.165, 1.54) is 0 Å². The van der Waals surface area contributed by atoms with Crippen LogP contribution in [0, 0.1) is 0 Å². The molecule has 0 aliphatic carbocycles. The van der Waals surface area contributed by atoms with Crippen LogP contribution < -0.4 is 4.72 Å². The molecule has 0 unspecified atom stereocenters. The van der Waals surface area contributed by atoms with Crippen molar-refractivity contribution in [1.82, 2.24) is 14.5 Å². The quantitative estimate of drug-likeness (QED) is 0.749. The maximum Gasteiger partial charge on any atom is 0.211 e. The molecule has 0 atom stereocenters. The van der Waals surface area contributed by atoms with Gasteiger partial charge in [0.15, 0.2) is 0 Å². The Morgan fingerprint density at radius 1 is 1.57 bits per heavy atom. The number of nitrogens with one attached hydrogen (secondary N) is 1. The first-order valence-corrected chi connectivity index (χ1v) is 6.13. The maximum absolute atomic E-state index is 11.1. The van der Waals surface area contributed by atoms with Crippen LogP contribution in [0.1, 0.15) is 12.5 Å². The molecular formula is C8H15N3O2S. The van der Waals surface area contributed by atoms with Crippen LogP contribution in [-0.4, -0.2) is 30.5 Å². The van der Waals surface area contributed by atoms with Gasteiger partial charge < -0.3 is 0 Å². The van der Waals surface area contributed by atoms with E-state index in [1.807, 2.05) is 13.2 Å². The van der Waals surface area contributed by atoms with Gasteiger partial charge >= 0.3 is 0 Å². The highest BCUT2D eigenvalue weighted by Gasteiger charge is 2.05. The van der Waals surface area contributed by atoms with E-state index in [0.29, 0.717) is 13.0 Å². The maximum atomic E-state index is 11.1. The molecule has 14 heavy (non-hydrogen) atoms. The van der Waals surface area contributed by atoms with Gasteiger partial charge in [0.25, 0.3) is 0 Å². The Balaban J connectivity index is 2.36. The van der Waals surface area contributed by atoms with Crippen molar-refractivity contribution >= 4 is 10.0 Å². The van der Waals surface area contributed by atoms with E-state index in [1.54, 1.807) is 17.8 Å². The van der Waals surface area contributed by atoms with Gasteiger partial charge in [-0.05, 0) is 18.9 Å². The minimum atomic E-state index is -3.06. The normalized spacial score (nSPS) is 11.9. The smallest absolute Gasteiger partial charge is 0.211 e. The number of aromatic nitrogens is 2. The predicted molar refractivity (Wildman–Crippen MR) is 54.4 cm³/mol. The molecule has 0 aromatic carbocycles. The van der Waals surface area contributed by atoms with Crippen LogP contribution in [0.2, 0.25) is 0 Å². The summed E-state index contributed by atoms with van der Waals surface area (Å²) in [5.74, 6) is 0.125. The molecule has 1 aromatic heterocycles. The lowest BCUT2D eigenvalue weighted by Gasteiger charge is -2.01. The third kappa shape index (κ3) is 3.47. The summed E-state index contributed by atoms with van der Waals surface area (Å²) in [4.78, 5) is 0. The predicted octanol–water partition coefficient (Wildman–Crippen LogP) is -0.0981. The summed E-state index contributed by atoms with van der Waals surface area (Å²) < 4.78 is 26.3. The minimum absolute atomic E-state index is 0.125. The van der Waals surface area contributed by atoms with E-state index in [-0.39, 0.29) is 5.75 Å². The summed E-state index contributed by atoms with van der Waals surface area (Å²) in [7, 11) is -1.23. The van der Waals surface area contributed by atoms with E-state index < -0.39 is 10.0 Å². The molecule has 5 nitrogen and oxygen atoms in total. The molecule has 0 aliphatic rings.